The number of amides is 1. The number of ether oxygens (including phenoxy) is 1. The zero-order valence-corrected chi connectivity index (χ0v) is 12.8. The van der Waals surface area contributed by atoms with E-state index in [-0.39, 0.29) is 24.4 Å². The molecule has 0 aliphatic carbocycles. The van der Waals surface area contributed by atoms with Crippen molar-refractivity contribution < 1.29 is 9.53 Å². The molecular weight excluding hydrogens is 299 g/mol. The molecule has 2 aliphatic rings. The van der Waals surface area contributed by atoms with E-state index in [0.717, 1.165) is 30.9 Å². The maximum absolute atomic E-state index is 12.5. The van der Waals surface area contributed by atoms with Crippen LogP contribution < -0.4 is 10.1 Å². The van der Waals surface area contributed by atoms with Gasteiger partial charge in [0.15, 0.2) is 6.10 Å². The van der Waals surface area contributed by atoms with Crippen LogP contribution in [0.1, 0.15) is 12.5 Å². The number of piperazine rings is 1. The topological polar surface area (TPSA) is 41.6 Å². The summed E-state index contributed by atoms with van der Waals surface area (Å²) in [6, 6.07) is 5.73. The lowest BCUT2D eigenvalue weighted by atomic mass is 10.1. The average Bonchev–Trinajstić information content (AvgIpc) is 2.81. The Balaban J connectivity index is 0.00000147. The van der Waals surface area contributed by atoms with Crippen molar-refractivity contribution in [2.45, 2.75) is 25.5 Å². The first-order chi connectivity index (χ1) is 9.15. The summed E-state index contributed by atoms with van der Waals surface area (Å²) in [6.07, 6.45) is 0.222. The normalized spacial score (nSPS) is 24.6. The third-order valence-electron chi connectivity index (χ3n) is 3.76. The van der Waals surface area contributed by atoms with Crippen LogP contribution in [-0.2, 0) is 11.2 Å². The zero-order chi connectivity index (χ0) is 13.4. The van der Waals surface area contributed by atoms with Crippen LogP contribution in [0.4, 0.5) is 0 Å². The van der Waals surface area contributed by atoms with Crippen LogP contribution in [0, 0.1) is 0 Å². The number of carbonyl (C=O) groups is 1. The molecule has 3 rings (SSSR count). The largest absolute Gasteiger partial charge is 0.480 e. The minimum absolute atomic E-state index is 0. The lowest BCUT2D eigenvalue weighted by molar-refractivity contribution is -0.140. The van der Waals surface area contributed by atoms with E-state index in [1.165, 1.54) is 0 Å². The fraction of sp³-hybridized carbons (Fsp3) is 0.500. The van der Waals surface area contributed by atoms with Crippen LogP contribution in [0.15, 0.2) is 18.2 Å². The van der Waals surface area contributed by atoms with E-state index in [4.69, 9.17) is 16.3 Å². The SMILES string of the molecule is C[C@@H]1CNCCN1C(=O)C1Cc2cc(Cl)ccc2O1.Cl. The molecule has 2 atom stereocenters. The molecule has 2 heterocycles. The maximum Gasteiger partial charge on any atom is 0.264 e. The quantitative estimate of drug-likeness (QED) is 0.860. The fourth-order valence-electron chi connectivity index (χ4n) is 2.71. The van der Waals surface area contributed by atoms with Crippen LogP contribution in [0.25, 0.3) is 0 Å². The number of carbonyl (C=O) groups excluding carboxylic acids is 1. The third-order valence-corrected chi connectivity index (χ3v) is 3.99. The summed E-state index contributed by atoms with van der Waals surface area (Å²) in [6.45, 7) is 4.50. The van der Waals surface area contributed by atoms with Crippen LogP contribution in [0.2, 0.25) is 5.02 Å². The number of nitrogens with zero attached hydrogens (tertiary/aromatic N) is 1. The summed E-state index contributed by atoms with van der Waals surface area (Å²) in [4.78, 5) is 14.4. The molecule has 1 amide bonds. The van der Waals surface area contributed by atoms with E-state index in [1.807, 2.05) is 17.0 Å². The van der Waals surface area contributed by atoms with Gasteiger partial charge in [-0.05, 0) is 30.7 Å². The average molecular weight is 317 g/mol. The molecule has 1 unspecified atom stereocenters. The maximum atomic E-state index is 12.5. The Kier molecular flexibility index (Phi) is 4.78. The second-order valence-electron chi connectivity index (χ2n) is 5.15. The minimum Gasteiger partial charge on any atom is -0.480 e. The summed E-state index contributed by atoms with van der Waals surface area (Å²) in [7, 11) is 0. The highest BCUT2D eigenvalue weighted by Crippen LogP contribution is 2.31. The summed E-state index contributed by atoms with van der Waals surface area (Å²) >= 11 is 5.96. The molecule has 0 aromatic heterocycles. The van der Waals surface area contributed by atoms with Gasteiger partial charge in [0.2, 0.25) is 0 Å². The van der Waals surface area contributed by atoms with Gasteiger partial charge in [-0.3, -0.25) is 4.79 Å². The number of halogens is 2. The van der Waals surface area contributed by atoms with Gasteiger partial charge in [-0.2, -0.15) is 0 Å². The molecule has 110 valence electrons. The van der Waals surface area contributed by atoms with E-state index in [1.54, 1.807) is 6.07 Å². The second kappa shape index (κ2) is 6.20. The molecule has 1 aromatic carbocycles. The van der Waals surface area contributed by atoms with Crippen LogP contribution >= 0.6 is 24.0 Å². The first-order valence-corrected chi connectivity index (χ1v) is 6.99. The summed E-state index contributed by atoms with van der Waals surface area (Å²) < 4.78 is 5.76. The van der Waals surface area contributed by atoms with Crippen LogP contribution in [-0.4, -0.2) is 42.6 Å². The molecule has 1 aromatic rings. The van der Waals surface area contributed by atoms with Crippen molar-refractivity contribution in [3.8, 4) is 5.75 Å². The fourth-order valence-corrected chi connectivity index (χ4v) is 2.90. The van der Waals surface area contributed by atoms with Gasteiger partial charge in [-0.25, -0.2) is 0 Å². The van der Waals surface area contributed by atoms with Gasteiger partial charge in [0.05, 0.1) is 0 Å². The van der Waals surface area contributed by atoms with E-state index in [2.05, 4.69) is 12.2 Å². The highest BCUT2D eigenvalue weighted by molar-refractivity contribution is 6.30. The Hall–Kier alpha value is -0.970. The molecule has 6 heteroatoms. The Labute approximate surface area is 129 Å². The van der Waals surface area contributed by atoms with E-state index < -0.39 is 6.10 Å². The molecule has 0 bridgehead atoms. The Morgan fingerprint density at radius 1 is 1.50 bits per heavy atom. The smallest absolute Gasteiger partial charge is 0.264 e. The monoisotopic (exact) mass is 316 g/mol. The lowest BCUT2D eigenvalue weighted by Crippen LogP contribution is -2.55. The third kappa shape index (κ3) is 2.87. The summed E-state index contributed by atoms with van der Waals surface area (Å²) in [5.74, 6) is 0.867. The second-order valence-corrected chi connectivity index (χ2v) is 5.58. The van der Waals surface area contributed by atoms with Gasteiger partial charge in [0, 0.05) is 37.1 Å². The van der Waals surface area contributed by atoms with Crippen molar-refractivity contribution in [2.75, 3.05) is 19.6 Å². The number of hydrogen-bond donors (Lipinski definition) is 1. The van der Waals surface area contributed by atoms with Crippen molar-refractivity contribution >= 4 is 29.9 Å². The molecule has 1 fully saturated rings. The molecule has 0 spiro atoms. The Bertz CT molecular complexity index is 510. The Morgan fingerprint density at radius 2 is 2.30 bits per heavy atom. The van der Waals surface area contributed by atoms with E-state index >= 15 is 0 Å². The van der Waals surface area contributed by atoms with E-state index in [0.29, 0.717) is 11.4 Å². The van der Waals surface area contributed by atoms with Crippen molar-refractivity contribution in [1.82, 2.24) is 10.2 Å². The van der Waals surface area contributed by atoms with Gasteiger partial charge >= 0.3 is 0 Å². The van der Waals surface area contributed by atoms with Gasteiger partial charge in [0.25, 0.3) is 5.91 Å². The van der Waals surface area contributed by atoms with E-state index in [9.17, 15) is 4.79 Å². The van der Waals surface area contributed by atoms with Crippen molar-refractivity contribution in [3.05, 3.63) is 28.8 Å². The van der Waals surface area contributed by atoms with Crippen molar-refractivity contribution in [1.29, 1.82) is 0 Å². The number of fused-ring (bicyclic) bond motifs is 1. The molecule has 20 heavy (non-hydrogen) atoms. The number of hydrogen-bond acceptors (Lipinski definition) is 3. The standard InChI is InChI=1S/C14H17ClN2O2.ClH/c1-9-8-16-4-5-17(9)14(18)13-7-10-6-11(15)2-3-12(10)19-13;/h2-3,6,9,13,16H,4-5,7-8H2,1H3;1H/t9-,13?;/m1./s1. The number of nitrogens with one attached hydrogen (secondary N) is 1. The Morgan fingerprint density at radius 3 is 3.05 bits per heavy atom. The lowest BCUT2D eigenvalue weighted by Gasteiger charge is -2.35. The first-order valence-electron chi connectivity index (χ1n) is 6.61. The van der Waals surface area contributed by atoms with Gasteiger partial charge in [-0.15, -0.1) is 12.4 Å². The molecule has 1 saturated heterocycles. The summed E-state index contributed by atoms with van der Waals surface area (Å²) in [5, 5.41) is 3.97. The molecule has 0 saturated carbocycles. The zero-order valence-electron chi connectivity index (χ0n) is 11.3. The molecular formula is C14H18Cl2N2O2. The predicted octanol–water partition coefficient (Wildman–Crippen LogP) is 1.89. The predicted molar refractivity (Wildman–Crippen MR) is 80.9 cm³/mol. The van der Waals surface area contributed by atoms with Crippen molar-refractivity contribution in [3.63, 3.8) is 0 Å². The van der Waals surface area contributed by atoms with Crippen LogP contribution in [0.5, 0.6) is 5.75 Å². The van der Waals surface area contributed by atoms with Crippen molar-refractivity contribution in [2.24, 2.45) is 0 Å². The summed E-state index contributed by atoms with van der Waals surface area (Å²) in [5.41, 5.74) is 1.02. The number of rotatable bonds is 1. The molecule has 4 nitrogen and oxygen atoms in total. The van der Waals surface area contributed by atoms with Crippen LogP contribution in [0.3, 0.4) is 0 Å². The molecule has 1 N–H and O–H groups in total. The highest BCUT2D eigenvalue weighted by Gasteiger charge is 2.35. The number of benzene rings is 1. The van der Waals surface area contributed by atoms with Gasteiger partial charge < -0.3 is 15.0 Å². The molecule has 2 aliphatic heterocycles. The highest BCUT2D eigenvalue weighted by atomic mass is 35.5. The van der Waals surface area contributed by atoms with Gasteiger partial charge in [-0.1, -0.05) is 11.6 Å². The van der Waals surface area contributed by atoms with Gasteiger partial charge in [0.1, 0.15) is 5.75 Å². The molecule has 0 radical (unpaired) electrons. The minimum atomic E-state index is -0.394. The first kappa shape index (κ1) is 15.4.